The molecule has 0 aromatic heterocycles. The number of nitrogens with zero attached hydrogens (tertiary/aromatic N) is 1. The number of halogens is 1. The summed E-state index contributed by atoms with van der Waals surface area (Å²) < 4.78 is 0. The summed E-state index contributed by atoms with van der Waals surface area (Å²) in [4.78, 5) is 14.0. The van der Waals surface area contributed by atoms with Crippen LogP contribution in [0.5, 0.6) is 0 Å². The summed E-state index contributed by atoms with van der Waals surface area (Å²) in [5.74, 6) is 0.00970. The number of carbonyl (C=O) groups is 1. The van der Waals surface area contributed by atoms with Crippen molar-refractivity contribution in [2.75, 3.05) is 39.0 Å². The van der Waals surface area contributed by atoms with Gasteiger partial charge in [0.25, 0.3) is 0 Å². The van der Waals surface area contributed by atoms with Crippen molar-refractivity contribution in [1.29, 1.82) is 0 Å². The smallest absolute Gasteiger partial charge is 0.225 e. The Morgan fingerprint density at radius 3 is 2.75 bits per heavy atom. The summed E-state index contributed by atoms with van der Waals surface area (Å²) in [5, 5.41) is 6.83. The number of rotatable bonds is 8. The van der Waals surface area contributed by atoms with E-state index in [9.17, 15) is 4.79 Å². The first-order chi connectivity index (χ1) is 9.50. The fourth-order valence-electron chi connectivity index (χ4n) is 1.80. The highest BCUT2D eigenvalue weighted by Crippen LogP contribution is 2.22. The monoisotopic (exact) mass is 297 g/mol. The van der Waals surface area contributed by atoms with Crippen molar-refractivity contribution < 1.29 is 4.79 Å². The summed E-state index contributed by atoms with van der Waals surface area (Å²) >= 11 is 6.02. The van der Waals surface area contributed by atoms with Gasteiger partial charge in [0.15, 0.2) is 0 Å². The lowest BCUT2D eigenvalue weighted by molar-refractivity contribution is -0.116. The van der Waals surface area contributed by atoms with Crippen LogP contribution in [0.1, 0.15) is 18.4 Å². The number of carbonyl (C=O) groups excluding carboxylic acids is 1. The van der Waals surface area contributed by atoms with Gasteiger partial charge in [-0.15, -0.1) is 0 Å². The topological polar surface area (TPSA) is 44.4 Å². The van der Waals surface area contributed by atoms with Crippen LogP contribution in [0.25, 0.3) is 0 Å². The van der Waals surface area contributed by atoms with Crippen LogP contribution in [0.3, 0.4) is 0 Å². The Hall–Kier alpha value is -1.10. The second-order valence-electron chi connectivity index (χ2n) is 5.12. The van der Waals surface area contributed by atoms with Gasteiger partial charge in [-0.1, -0.05) is 17.7 Å². The zero-order valence-corrected chi connectivity index (χ0v) is 13.3. The lowest BCUT2D eigenvalue weighted by Gasteiger charge is -2.11. The van der Waals surface area contributed by atoms with Crippen LogP contribution in [0.4, 0.5) is 5.69 Å². The van der Waals surface area contributed by atoms with Gasteiger partial charge in [0, 0.05) is 23.7 Å². The van der Waals surface area contributed by atoms with Gasteiger partial charge in [-0.25, -0.2) is 0 Å². The van der Waals surface area contributed by atoms with Gasteiger partial charge in [-0.05, 0) is 58.2 Å². The SMILES string of the molecule is Cc1c(Cl)cccc1NC(=O)CCNCCCN(C)C. The Morgan fingerprint density at radius 1 is 1.30 bits per heavy atom. The van der Waals surface area contributed by atoms with Gasteiger partial charge in [-0.3, -0.25) is 4.79 Å². The van der Waals surface area contributed by atoms with Crippen LogP contribution >= 0.6 is 11.6 Å². The Bertz CT molecular complexity index is 435. The molecule has 1 aromatic rings. The van der Waals surface area contributed by atoms with Crippen LogP contribution in [-0.2, 0) is 4.79 Å². The largest absolute Gasteiger partial charge is 0.326 e. The third kappa shape index (κ3) is 6.37. The molecule has 1 rings (SSSR count). The normalized spacial score (nSPS) is 10.8. The highest BCUT2D eigenvalue weighted by atomic mass is 35.5. The molecule has 4 nitrogen and oxygen atoms in total. The highest BCUT2D eigenvalue weighted by Gasteiger charge is 2.06. The van der Waals surface area contributed by atoms with Crippen molar-refractivity contribution in [3.63, 3.8) is 0 Å². The van der Waals surface area contributed by atoms with Gasteiger partial charge < -0.3 is 15.5 Å². The standard InChI is InChI=1S/C15H24ClN3O/c1-12-13(16)6-4-7-14(12)18-15(20)8-10-17-9-5-11-19(2)3/h4,6-7,17H,5,8-11H2,1-3H3,(H,18,20). The molecule has 0 atom stereocenters. The molecule has 0 aliphatic heterocycles. The van der Waals surface area contributed by atoms with E-state index in [-0.39, 0.29) is 5.91 Å². The van der Waals surface area contributed by atoms with Crippen LogP contribution in [0.2, 0.25) is 5.02 Å². The molecule has 1 amide bonds. The van der Waals surface area contributed by atoms with E-state index in [1.54, 1.807) is 0 Å². The molecule has 0 unspecified atom stereocenters. The lowest BCUT2D eigenvalue weighted by Crippen LogP contribution is -2.25. The van der Waals surface area contributed by atoms with E-state index in [1.807, 2.05) is 25.1 Å². The first-order valence-electron chi connectivity index (χ1n) is 6.91. The molecule has 0 aliphatic carbocycles. The number of anilines is 1. The molecule has 0 fully saturated rings. The molecule has 5 heteroatoms. The predicted octanol–water partition coefficient (Wildman–Crippen LogP) is 2.52. The second kappa shape index (κ2) is 8.95. The quantitative estimate of drug-likeness (QED) is 0.725. The predicted molar refractivity (Wildman–Crippen MR) is 85.5 cm³/mol. The van der Waals surface area contributed by atoms with E-state index >= 15 is 0 Å². The molecule has 0 spiro atoms. The van der Waals surface area contributed by atoms with E-state index in [0.717, 1.165) is 30.8 Å². The molecule has 2 N–H and O–H groups in total. The maximum atomic E-state index is 11.8. The summed E-state index contributed by atoms with van der Waals surface area (Å²) in [6.07, 6.45) is 1.55. The van der Waals surface area contributed by atoms with Gasteiger partial charge >= 0.3 is 0 Å². The lowest BCUT2D eigenvalue weighted by atomic mass is 10.2. The van der Waals surface area contributed by atoms with Crippen molar-refractivity contribution in [1.82, 2.24) is 10.2 Å². The summed E-state index contributed by atoms with van der Waals surface area (Å²) in [5.41, 5.74) is 1.69. The summed E-state index contributed by atoms with van der Waals surface area (Å²) in [6.45, 7) is 4.58. The minimum absolute atomic E-state index is 0.00970. The van der Waals surface area contributed by atoms with Gasteiger partial charge in [0.1, 0.15) is 0 Å². The van der Waals surface area contributed by atoms with Gasteiger partial charge in [0.05, 0.1) is 0 Å². The number of benzene rings is 1. The average Bonchev–Trinajstić information content (AvgIpc) is 2.39. The zero-order chi connectivity index (χ0) is 15.0. The maximum absolute atomic E-state index is 11.8. The van der Waals surface area contributed by atoms with E-state index in [1.165, 1.54) is 0 Å². The van der Waals surface area contributed by atoms with Crippen molar-refractivity contribution in [2.45, 2.75) is 19.8 Å². The Labute approximate surface area is 126 Å². The third-order valence-electron chi connectivity index (χ3n) is 3.03. The van der Waals surface area contributed by atoms with Crippen molar-refractivity contribution in [3.8, 4) is 0 Å². The minimum Gasteiger partial charge on any atom is -0.326 e. The highest BCUT2D eigenvalue weighted by molar-refractivity contribution is 6.31. The zero-order valence-electron chi connectivity index (χ0n) is 12.5. The Morgan fingerprint density at radius 2 is 2.05 bits per heavy atom. The number of amides is 1. The molecular formula is C15H24ClN3O. The molecule has 0 saturated carbocycles. The number of hydrogen-bond donors (Lipinski definition) is 2. The van der Waals surface area contributed by atoms with E-state index in [2.05, 4.69) is 29.6 Å². The molecule has 112 valence electrons. The van der Waals surface area contributed by atoms with E-state index < -0.39 is 0 Å². The van der Waals surface area contributed by atoms with Crippen LogP contribution in [-0.4, -0.2) is 44.5 Å². The van der Waals surface area contributed by atoms with Gasteiger partial charge in [-0.2, -0.15) is 0 Å². The molecular weight excluding hydrogens is 274 g/mol. The minimum atomic E-state index is 0.00970. The summed E-state index contributed by atoms with van der Waals surface area (Å²) in [7, 11) is 4.11. The molecule has 0 saturated heterocycles. The molecule has 0 bridgehead atoms. The van der Waals surface area contributed by atoms with Crippen LogP contribution in [0.15, 0.2) is 18.2 Å². The number of hydrogen-bond acceptors (Lipinski definition) is 3. The average molecular weight is 298 g/mol. The maximum Gasteiger partial charge on any atom is 0.225 e. The summed E-state index contributed by atoms with van der Waals surface area (Å²) in [6, 6.07) is 5.52. The molecule has 0 heterocycles. The third-order valence-corrected chi connectivity index (χ3v) is 3.44. The fourth-order valence-corrected chi connectivity index (χ4v) is 1.98. The molecule has 0 aliphatic rings. The van der Waals surface area contributed by atoms with E-state index in [4.69, 9.17) is 11.6 Å². The van der Waals surface area contributed by atoms with E-state index in [0.29, 0.717) is 18.0 Å². The first-order valence-corrected chi connectivity index (χ1v) is 7.29. The Balaban J connectivity index is 2.22. The van der Waals surface area contributed by atoms with Crippen molar-refractivity contribution in [3.05, 3.63) is 28.8 Å². The van der Waals surface area contributed by atoms with Crippen molar-refractivity contribution >= 4 is 23.2 Å². The Kier molecular flexibility index (Phi) is 7.59. The fraction of sp³-hybridized carbons (Fsp3) is 0.533. The van der Waals surface area contributed by atoms with Crippen LogP contribution in [0, 0.1) is 6.92 Å². The van der Waals surface area contributed by atoms with Crippen molar-refractivity contribution in [2.24, 2.45) is 0 Å². The second-order valence-corrected chi connectivity index (χ2v) is 5.52. The van der Waals surface area contributed by atoms with Crippen LogP contribution < -0.4 is 10.6 Å². The van der Waals surface area contributed by atoms with Gasteiger partial charge in [0.2, 0.25) is 5.91 Å². The molecule has 1 aromatic carbocycles. The molecule has 0 radical (unpaired) electrons. The number of nitrogens with one attached hydrogen (secondary N) is 2. The first kappa shape index (κ1) is 17.0. The molecule has 20 heavy (non-hydrogen) atoms.